The van der Waals surface area contributed by atoms with Crippen LogP contribution in [0.3, 0.4) is 0 Å². The van der Waals surface area contributed by atoms with Crippen LogP contribution >= 0.6 is 22.6 Å². The molecule has 2 heterocycles. The Hall–Kier alpha value is -1.44. The average Bonchev–Trinajstić information content (AvgIpc) is 2.76. The Bertz CT molecular complexity index is 512. The van der Waals surface area contributed by atoms with E-state index in [9.17, 15) is 4.79 Å². The maximum atomic E-state index is 11.6. The number of amides is 1. The lowest BCUT2D eigenvalue weighted by Crippen LogP contribution is -2.13. The summed E-state index contributed by atoms with van der Waals surface area (Å²) in [4.78, 5) is 15.7. The van der Waals surface area contributed by atoms with Crippen LogP contribution in [0.25, 0.3) is 0 Å². The molecule has 0 unspecified atom stereocenters. The molecule has 0 bridgehead atoms. The minimum Gasteiger partial charge on any atom is -0.311 e. The van der Waals surface area contributed by atoms with Crippen molar-refractivity contribution in [3.8, 4) is 0 Å². The molecule has 1 amide bonds. The summed E-state index contributed by atoms with van der Waals surface area (Å²) in [5.41, 5.74) is 0. The van der Waals surface area contributed by atoms with Gasteiger partial charge in [0.1, 0.15) is 5.82 Å². The summed E-state index contributed by atoms with van der Waals surface area (Å²) in [7, 11) is 0. The number of halogens is 1. The molecule has 0 saturated carbocycles. The summed E-state index contributed by atoms with van der Waals surface area (Å²) in [5, 5.41) is 6.91. The zero-order chi connectivity index (χ0) is 12.8. The van der Waals surface area contributed by atoms with E-state index in [0.717, 1.165) is 16.5 Å². The highest BCUT2D eigenvalue weighted by Crippen LogP contribution is 2.04. The van der Waals surface area contributed by atoms with E-state index in [4.69, 9.17) is 0 Å². The van der Waals surface area contributed by atoms with Crippen LogP contribution in [-0.4, -0.2) is 20.7 Å². The first kappa shape index (κ1) is 13.0. The topological polar surface area (TPSA) is 59.8 Å². The predicted octanol–water partition coefficient (Wildman–Crippen LogP) is 2.30. The Balaban J connectivity index is 1.72. The third-order valence-corrected chi connectivity index (χ3v) is 2.88. The van der Waals surface area contributed by atoms with Gasteiger partial charge in [-0.2, -0.15) is 5.10 Å². The van der Waals surface area contributed by atoms with E-state index in [2.05, 4.69) is 38.0 Å². The standard InChI is InChI=1S/C12H13IN4O/c13-10-8-15-17(9-10)7-3-5-12(18)16-11-4-1-2-6-14-11/h1-2,4,6,8-9H,3,5,7H2,(H,14,16,18). The smallest absolute Gasteiger partial charge is 0.225 e. The second-order valence-corrected chi connectivity index (χ2v) is 5.03. The van der Waals surface area contributed by atoms with Crippen LogP contribution < -0.4 is 5.32 Å². The van der Waals surface area contributed by atoms with E-state index in [1.807, 2.05) is 23.0 Å². The highest BCUT2D eigenvalue weighted by atomic mass is 127. The van der Waals surface area contributed by atoms with Crippen molar-refractivity contribution in [3.63, 3.8) is 0 Å². The second kappa shape index (κ2) is 6.48. The summed E-state index contributed by atoms with van der Waals surface area (Å²) in [6, 6.07) is 5.43. The number of carbonyl (C=O) groups is 1. The number of aromatic nitrogens is 3. The monoisotopic (exact) mass is 356 g/mol. The van der Waals surface area contributed by atoms with Crippen LogP contribution in [0.15, 0.2) is 36.8 Å². The number of pyridine rings is 1. The Morgan fingerprint density at radius 3 is 3.00 bits per heavy atom. The zero-order valence-electron chi connectivity index (χ0n) is 9.71. The van der Waals surface area contributed by atoms with E-state index in [-0.39, 0.29) is 5.91 Å². The Morgan fingerprint density at radius 1 is 1.44 bits per heavy atom. The molecule has 0 radical (unpaired) electrons. The van der Waals surface area contributed by atoms with Crippen molar-refractivity contribution in [3.05, 3.63) is 40.4 Å². The van der Waals surface area contributed by atoms with Crippen molar-refractivity contribution in [2.45, 2.75) is 19.4 Å². The molecule has 1 N–H and O–H groups in total. The minimum atomic E-state index is -0.0180. The van der Waals surface area contributed by atoms with Crippen LogP contribution in [-0.2, 0) is 11.3 Å². The molecule has 0 aliphatic heterocycles. The first-order chi connectivity index (χ1) is 8.74. The summed E-state index contributed by atoms with van der Waals surface area (Å²) < 4.78 is 2.95. The highest BCUT2D eigenvalue weighted by molar-refractivity contribution is 14.1. The number of aryl methyl sites for hydroxylation is 1. The molecule has 0 spiro atoms. The van der Waals surface area contributed by atoms with Gasteiger partial charge in [-0.15, -0.1) is 0 Å². The molecule has 2 rings (SSSR count). The van der Waals surface area contributed by atoms with Gasteiger partial charge >= 0.3 is 0 Å². The van der Waals surface area contributed by atoms with Crippen molar-refractivity contribution in [1.82, 2.24) is 14.8 Å². The molecule has 0 aliphatic rings. The van der Waals surface area contributed by atoms with Gasteiger partial charge in [-0.3, -0.25) is 9.48 Å². The fourth-order valence-electron chi connectivity index (χ4n) is 1.50. The van der Waals surface area contributed by atoms with Gasteiger partial charge < -0.3 is 5.32 Å². The third-order valence-electron chi connectivity index (χ3n) is 2.33. The van der Waals surface area contributed by atoms with Crippen molar-refractivity contribution in [1.29, 1.82) is 0 Å². The molecule has 0 saturated heterocycles. The van der Waals surface area contributed by atoms with E-state index in [1.165, 1.54) is 0 Å². The number of nitrogens with zero attached hydrogens (tertiary/aromatic N) is 3. The number of anilines is 1. The van der Waals surface area contributed by atoms with Gasteiger partial charge in [-0.25, -0.2) is 4.98 Å². The Kier molecular flexibility index (Phi) is 4.68. The fourth-order valence-corrected chi connectivity index (χ4v) is 1.95. The molecule has 0 atom stereocenters. The minimum absolute atomic E-state index is 0.0180. The van der Waals surface area contributed by atoms with Gasteiger partial charge in [0.2, 0.25) is 5.91 Å². The molecule has 0 aliphatic carbocycles. The van der Waals surface area contributed by atoms with Gasteiger partial charge in [0, 0.05) is 25.4 Å². The third kappa shape index (κ3) is 4.10. The van der Waals surface area contributed by atoms with Crippen LogP contribution in [0.2, 0.25) is 0 Å². The van der Waals surface area contributed by atoms with Crippen molar-refractivity contribution >= 4 is 34.3 Å². The maximum absolute atomic E-state index is 11.6. The zero-order valence-corrected chi connectivity index (χ0v) is 11.9. The van der Waals surface area contributed by atoms with Gasteiger partial charge in [-0.05, 0) is 41.1 Å². The average molecular weight is 356 g/mol. The van der Waals surface area contributed by atoms with Crippen molar-refractivity contribution in [2.75, 3.05) is 5.32 Å². The molecule has 6 heteroatoms. The first-order valence-corrected chi connectivity index (χ1v) is 6.71. The van der Waals surface area contributed by atoms with E-state index in [0.29, 0.717) is 12.2 Å². The van der Waals surface area contributed by atoms with Gasteiger partial charge in [-0.1, -0.05) is 6.07 Å². The second-order valence-electron chi connectivity index (χ2n) is 3.79. The highest BCUT2D eigenvalue weighted by Gasteiger charge is 2.03. The molecule has 2 aromatic rings. The van der Waals surface area contributed by atoms with Crippen molar-refractivity contribution in [2.24, 2.45) is 0 Å². The van der Waals surface area contributed by atoms with E-state index >= 15 is 0 Å². The molecule has 0 fully saturated rings. The van der Waals surface area contributed by atoms with Crippen LogP contribution in [0.4, 0.5) is 5.82 Å². The van der Waals surface area contributed by atoms with Gasteiger partial charge in [0.05, 0.1) is 9.77 Å². The molecule has 18 heavy (non-hydrogen) atoms. The SMILES string of the molecule is O=C(CCCn1cc(I)cn1)Nc1ccccn1. The van der Waals surface area contributed by atoms with Crippen LogP contribution in [0, 0.1) is 3.57 Å². The molecule has 5 nitrogen and oxygen atoms in total. The number of rotatable bonds is 5. The normalized spacial score (nSPS) is 10.3. The summed E-state index contributed by atoms with van der Waals surface area (Å²) >= 11 is 2.21. The number of hydrogen-bond donors (Lipinski definition) is 1. The van der Waals surface area contributed by atoms with Gasteiger partial charge in [0.15, 0.2) is 0 Å². The maximum Gasteiger partial charge on any atom is 0.225 e. The molecule has 94 valence electrons. The fraction of sp³-hybridized carbons (Fsp3) is 0.250. The predicted molar refractivity (Wildman–Crippen MR) is 77.0 cm³/mol. The van der Waals surface area contributed by atoms with Crippen LogP contribution in [0.1, 0.15) is 12.8 Å². The lowest BCUT2D eigenvalue weighted by atomic mass is 10.3. The number of nitrogens with one attached hydrogen (secondary N) is 1. The van der Waals surface area contributed by atoms with E-state index in [1.54, 1.807) is 18.5 Å². The number of hydrogen-bond acceptors (Lipinski definition) is 3. The molecular formula is C12H13IN4O. The lowest BCUT2D eigenvalue weighted by Gasteiger charge is -2.04. The van der Waals surface area contributed by atoms with E-state index < -0.39 is 0 Å². The summed E-state index contributed by atoms with van der Waals surface area (Å²) in [6.45, 7) is 0.749. The van der Waals surface area contributed by atoms with Crippen LogP contribution in [0.5, 0.6) is 0 Å². The largest absolute Gasteiger partial charge is 0.311 e. The quantitative estimate of drug-likeness (QED) is 0.837. The Labute approximate surface area is 119 Å². The first-order valence-electron chi connectivity index (χ1n) is 5.63. The van der Waals surface area contributed by atoms with Gasteiger partial charge in [0.25, 0.3) is 0 Å². The molecule has 2 aromatic heterocycles. The lowest BCUT2D eigenvalue weighted by molar-refractivity contribution is -0.116. The Morgan fingerprint density at radius 2 is 2.33 bits per heavy atom. The molecule has 0 aromatic carbocycles. The van der Waals surface area contributed by atoms with Crippen molar-refractivity contribution < 1.29 is 4.79 Å². The number of carbonyl (C=O) groups excluding carboxylic acids is 1. The summed E-state index contributed by atoms with van der Waals surface area (Å²) in [6.07, 6.45) is 6.64. The molecular weight excluding hydrogens is 343 g/mol. The summed E-state index contributed by atoms with van der Waals surface area (Å²) in [5.74, 6) is 0.576.